The highest BCUT2D eigenvalue weighted by molar-refractivity contribution is 6.33. The zero-order valence-corrected chi connectivity index (χ0v) is 16.8. The molecule has 1 saturated heterocycles. The zero-order chi connectivity index (χ0) is 21.0. The van der Waals surface area contributed by atoms with Gasteiger partial charge in [0.05, 0.1) is 11.6 Å². The monoisotopic (exact) mass is 416 g/mol. The van der Waals surface area contributed by atoms with Crippen LogP contribution in [0.3, 0.4) is 0 Å². The Morgan fingerprint density at radius 1 is 1.28 bits per heavy atom. The number of imide groups is 2. The van der Waals surface area contributed by atoms with Crippen molar-refractivity contribution in [2.75, 3.05) is 13.2 Å². The topological polar surface area (TPSA) is 84.9 Å². The number of rotatable bonds is 6. The lowest BCUT2D eigenvalue weighted by Crippen LogP contribution is -2.57. The first-order chi connectivity index (χ1) is 14.0. The highest BCUT2D eigenvalue weighted by atomic mass is 35.5. The largest absolute Gasteiger partial charge is 0.490 e. The molecule has 1 N–H and O–H groups in total. The summed E-state index contributed by atoms with van der Waals surface area (Å²) in [6.07, 6.45) is 9.99. The maximum atomic E-state index is 12.9. The first-order valence-electron chi connectivity index (χ1n) is 9.39. The summed E-state index contributed by atoms with van der Waals surface area (Å²) >= 11 is 6.30. The molecule has 4 amide bonds. The van der Waals surface area contributed by atoms with Crippen LogP contribution in [0.5, 0.6) is 11.5 Å². The van der Waals surface area contributed by atoms with Crippen LogP contribution in [0.4, 0.5) is 4.79 Å². The van der Waals surface area contributed by atoms with E-state index in [2.05, 4.69) is 11.2 Å². The van der Waals surface area contributed by atoms with E-state index in [9.17, 15) is 14.4 Å². The fourth-order valence-corrected chi connectivity index (χ4v) is 3.79. The van der Waals surface area contributed by atoms with Gasteiger partial charge < -0.3 is 9.47 Å². The van der Waals surface area contributed by atoms with Crippen LogP contribution in [-0.2, 0) is 9.59 Å². The standard InChI is InChI=1S/C21H21ClN2O5/c1-3-9-29-18-16(22)11-13(12-17(18)28-4-2)10-15-19(25)23-21(27)24(20(15)26)14-7-5-6-8-14/h1,10-12,14H,4-9H2,2H3,(H,23,25,27)/b15-10+. The lowest BCUT2D eigenvalue weighted by atomic mass is 10.0. The number of carbonyl (C=O) groups excluding carboxylic acids is 3. The second-order valence-electron chi connectivity index (χ2n) is 6.69. The fraction of sp³-hybridized carbons (Fsp3) is 0.381. The molecule has 8 heteroatoms. The molecular formula is C21H21ClN2O5. The Morgan fingerprint density at radius 2 is 2.00 bits per heavy atom. The molecule has 1 aromatic carbocycles. The van der Waals surface area contributed by atoms with Crippen LogP contribution in [0.25, 0.3) is 6.08 Å². The van der Waals surface area contributed by atoms with Gasteiger partial charge in [0, 0.05) is 6.04 Å². The number of halogens is 1. The number of amides is 4. The zero-order valence-electron chi connectivity index (χ0n) is 16.0. The number of hydrogen-bond acceptors (Lipinski definition) is 5. The number of nitrogens with one attached hydrogen (secondary N) is 1. The quantitative estimate of drug-likeness (QED) is 0.437. The summed E-state index contributed by atoms with van der Waals surface area (Å²) in [4.78, 5) is 38.6. The number of nitrogens with zero attached hydrogens (tertiary/aromatic N) is 1. The lowest BCUT2D eigenvalue weighted by Gasteiger charge is -2.31. The van der Waals surface area contributed by atoms with Crippen molar-refractivity contribution in [1.29, 1.82) is 0 Å². The maximum absolute atomic E-state index is 12.9. The average molecular weight is 417 g/mol. The maximum Gasteiger partial charge on any atom is 0.331 e. The molecule has 0 aromatic heterocycles. The van der Waals surface area contributed by atoms with Crippen molar-refractivity contribution < 1.29 is 23.9 Å². The molecular weight excluding hydrogens is 396 g/mol. The van der Waals surface area contributed by atoms with Gasteiger partial charge in [-0.1, -0.05) is 30.4 Å². The first-order valence-corrected chi connectivity index (χ1v) is 9.77. The fourth-order valence-electron chi connectivity index (χ4n) is 3.52. The highest BCUT2D eigenvalue weighted by Gasteiger charge is 2.40. The van der Waals surface area contributed by atoms with Gasteiger partial charge in [0.2, 0.25) is 0 Å². The van der Waals surface area contributed by atoms with E-state index in [0.29, 0.717) is 17.9 Å². The minimum Gasteiger partial charge on any atom is -0.490 e. The van der Waals surface area contributed by atoms with Crippen molar-refractivity contribution in [2.24, 2.45) is 0 Å². The van der Waals surface area contributed by atoms with Gasteiger partial charge in [0.25, 0.3) is 11.8 Å². The molecule has 1 heterocycles. The summed E-state index contributed by atoms with van der Waals surface area (Å²) in [6.45, 7) is 2.17. The summed E-state index contributed by atoms with van der Waals surface area (Å²) in [6, 6.07) is 2.28. The molecule has 1 aromatic rings. The van der Waals surface area contributed by atoms with Crippen molar-refractivity contribution in [3.63, 3.8) is 0 Å². The Hall–Kier alpha value is -2.98. The van der Waals surface area contributed by atoms with E-state index in [0.717, 1.165) is 30.6 Å². The van der Waals surface area contributed by atoms with E-state index in [1.54, 1.807) is 19.1 Å². The Bertz CT molecular complexity index is 912. The van der Waals surface area contributed by atoms with E-state index < -0.39 is 17.8 Å². The van der Waals surface area contributed by atoms with E-state index in [4.69, 9.17) is 27.5 Å². The Labute approximate surface area is 174 Å². The highest BCUT2D eigenvalue weighted by Crippen LogP contribution is 2.37. The lowest BCUT2D eigenvalue weighted by molar-refractivity contribution is -0.131. The van der Waals surface area contributed by atoms with E-state index in [1.807, 2.05) is 0 Å². The van der Waals surface area contributed by atoms with Crippen LogP contribution in [0.15, 0.2) is 17.7 Å². The van der Waals surface area contributed by atoms with Crippen LogP contribution in [0.1, 0.15) is 38.2 Å². The Morgan fingerprint density at radius 3 is 2.66 bits per heavy atom. The molecule has 1 saturated carbocycles. The molecule has 3 rings (SSSR count). The second-order valence-corrected chi connectivity index (χ2v) is 7.09. The van der Waals surface area contributed by atoms with Gasteiger partial charge in [-0.3, -0.25) is 19.8 Å². The van der Waals surface area contributed by atoms with Gasteiger partial charge in [0.15, 0.2) is 11.5 Å². The van der Waals surface area contributed by atoms with Crippen LogP contribution in [0, 0.1) is 12.3 Å². The number of carbonyl (C=O) groups is 3. The molecule has 1 aliphatic carbocycles. The van der Waals surface area contributed by atoms with Gasteiger partial charge in [-0.15, -0.1) is 6.42 Å². The molecule has 0 atom stereocenters. The third kappa shape index (κ3) is 4.38. The van der Waals surface area contributed by atoms with Gasteiger partial charge >= 0.3 is 6.03 Å². The molecule has 2 fully saturated rings. The molecule has 7 nitrogen and oxygen atoms in total. The molecule has 0 unspecified atom stereocenters. The van der Waals surface area contributed by atoms with Gasteiger partial charge in [0.1, 0.15) is 12.2 Å². The van der Waals surface area contributed by atoms with Gasteiger partial charge in [-0.05, 0) is 43.5 Å². The molecule has 0 bridgehead atoms. The van der Waals surface area contributed by atoms with E-state index >= 15 is 0 Å². The number of hydrogen-bond donors (Lipinski definition) is 1. The Kier molecular flexibility index (Phi) is 6.45. The van der Waals surface area contributed by atoms with Crippen molar-refractivity contribution in [3.05, 3.63) is 28.3 Å². The smallest absolute Gasteiger partial charge is 0.331 e. The average Bonchev–Trinajstić information content (AvgIpc) is 3.19. The summed E-state index contributed by atoms with van der Waals surface area (Å²) in [7, 11) is 0. The number of benzene rings is 1. The molecule has 0 spiro atoms. The minimum absolute atomic E-state index is 0.0135. The third-order valence-electron chi connectivity index (χ3n) is 4.77. The van der Waals surface area contributed by atoms with Crippen LogP contribution >= 0.6 is 11.6 Å². The van der Waals surface area contributed by atoms with E-state index in [1.165, 1.54) is 6.08 Å². The molecule has 1 aliphatic heterocycles. The summed E-state index contributed by atoms with van der Waals surface area (Å²) in [5, 5.41) is 2.48. The van der Waals surface area contributed by atoms with Crippen molar-refractivity contribution in [3.8, 4) is 23.8 Å². The minimum atomic E-state index is -0.740. The number of barbiturate groups is 1. The van der Waals surface area contributed by atoms with E-state index in [-0.39, 0.29) is 29.0 Å². The van der Waals surface area contributed by atoms with Crippen LogP contribution < -0.4 is 14.8 Å². The van der Waals surface area contributed by atoms with Crippen molar-refractivity contribution in [1.82, 2.24) is 10.2 Å². The number of ether oxygens (including phenoxy) is 2. The van der Waals surface area contributed by atoms with Crippen molar-refractivity contribution >= 4 is 35.5 Å². The molecule has 29 heavy (non-hydrogen) atoms. The van der Waals surface area contributed by atoms with Crippen LogP contribution in [0.2, 0.25) is 5.02 Å². The van der Waals surface area contributed by atoms with Crippen LogP contribution in [-0.4, -0.2) is 42.0 Å². The molecule has 152 valence electrons. The molecule has 2 aliphatic rings. The summed E-state index contributed by atoms with van der Waals surface area (Å²) in [5.74, 6) is 1.64. The van der Waals surface area contributed by atoms with Gasteiger partial charge in [-0.25, -0.2) is 4.79 Å². The predicted octanol–water partition coefficient (Wildman–Crippen LogP) is 3.16. The molecule has 0 radical (unpaired) electrons. The first kappa shape index (κ1) is 20.7. The summed E-state index contributed by atoms with van der Waals surface area (Å²) in [5.41, 5.74) is 0.332. The van der Waals surface area contributed by atoms with Crippen molar-refractivity contribution in [2.45, 2.75) is 38.6 Å². The second kappa shape index (κ2) is 9.01. The third-order valence-corrected chi connectivity index (χ3v) is 5.05. The van der Waals surface area contributed by atoms with Gasteiger partial charge in [-0.2, -0.15) is 0 Å². The SMILES string of the molecule is C#CCOc1c(Cl)cc(/C=C2\C(=O)NC(=O)N(C3CCCC3)C2=O)cc1OCC. The number of urea groups is 1. The Balaban J connectivity index is 1.96. The normalized spacial score (nSPS) is 18.7. The summed E-state index contributed by atoms with van der Waals surface area (Å²) < 4.78 is 11.0. The predicted molar refractivity (Wildman–Crippen MR) is 108 cm³/mol. The number of terminal acetylenes is 1.